The molecule has 0 atom stereocenters. The van der Waals surface area contributed by atoms with Gasteiger partial charge < -0.3 is 10.6 Å². The Morgan fingerprint density at radius 2 is 1.78 bits per heavy atom. The smallest absolute Gasteiger partial charge is 0.191 e. The molecule has 5 nitrogen and oxygen atoms in total. The Bertz CT molecular complexity index is 778. The molecule has 2 aromatic rings. The Morgan fingerprint density at radius 3 is 2.30 bits per heavy atom. The minimum absolute atomic E-state index is 0.330. The second kappa shape index (κ2) is 7.61. The fraction of sp³-hybridized carbons (Fsp3) is 0.312. The Morgan fingerprint density at radius 1 is 1.13 bits per heavy atom. The van der Waals surface area contributed by atoms with Crippen LogP contribution in [-0.4, -0.2) is 27.7 Å². The van der Waals surface area contributed by atoms with Gasteiger partial charge >= 0.3 is 0 Å². The third kappa shape index (κ3) is 5.07. The van der Waals surface area contributed by atoms with Gasteiger partial charge in [0.05, 0.1) is 11.4 Å². The number of aryl methyl sites for hydroxylation is 1. The summed E-state index contributed by atoms with van der Waals surface area (Å²) in [5.74, 6) is 0.713. The molecule has 0 fully saturated rings. The van der Waals surface area contributed by atoms with Crippen molar-refractivity contribution in [1.82, 2.24) is 10.6 Å². The van der Waals surface area contributed by atoms with Crippen molar-refractivity contribution in [2.45, 2.75) is 24.9 Å². The summed E-state index contributed by atoms with van der Waals surface area (Å²) in [6.07, 6.45) is 1.21. The van der Waals surface area contributed by atoms with Crippen LogP contribution < -0.4 is 10.6 Å². The van der Waals surface area contributed by atoms with Crippen LogP contribution in [-0.2, 0) is 22.9 Å². The lowest BCUT2D eigenvalue weighted by molar-refractivity contribution is 0.602. The standard InChI is InChI=1S/C16H21N3O2S2/c1-12-8-9-22-15(12)11-19-16(17-2)18-10-13-4-6-14(7-5-13)23(3,20)21/h4-9H,10-11H2,1-3H3,(H2,17,18,19). The molecule has 0 unspecified atom stereocenters. The molecule has 7 heteroatoms. The largest absolute Gasteiger partial charge is 0.352 e. The zero-order valence-corrected chi connectivity index (χ0v) is 15.1. The topological polar surface area (TPSA) is 70.6 Å². The minimum atomic E-state index is -3.15. The van der Waals surface area contributed by atoms with Crippen LogP contribution in [0.4, 0.5) is 0 Å². The molecular formula is C16H21N3O2S2. The van der Waals surface area contributed by atoms with Crippen LogP contribution in [0, 0.1) is 6.92 Å². The first kappa shape index (κ1) is 17.5. The molecular weight excluding hydrogens is 330 g/mol. The monoisotopic (exact) mass is 351 g/mol. The van der Waals surface area contributed by atoms with E-state index in [2.05, 4.69) is 34.0 Å². The van der Waals surface area contributed by atoms with E-state index in [4.69, 9.17) is 0 Å². The summed E-state index contributed by atoms with van der Waals surface area (Å²) < 4.78 is 22.9. The highest BCUT2D eigenvalue weighted by Gasteiger charge is 2.06. The molecule has 1 aromatic heterocycles. The second-order valence-electron chi connectivity index (χ2n) is 5.22. The van der Waals surface area contributed by atoms with E-state index in [9.17, 15) is 8.42 Å². The van der Waals surface area contributed by atoms with E-state index < -0.39 is 9.84 Å². The van der Waals surface area contributed by atoms with Crippen LogP contribution in [0.25, 0.3) is 0 Å². The molecule has 0 amide bonds. The van der Waals surface area contributed by atoms with Crippen molar-refractivity contribution in [3.8, 4) is 0 Å². The first-order valence-electron chi connectivity index (χ1n) is 7.16. The van der Waals surface area contributed by atoms with E-state index >= 15 is 0 Å². The Balaban J connectivity index is 1.89. The van der Waals surface area contributed by atoms with Crippen LogP contribution in [0.5, 0.6) is 0 Å². The van der Waals surface area contributed by atoms with Gasteiger partial charge in [0.2, 0.25) is 0 Å². The Labute approximate surface area is 141 Å². The van der Waals surface area contributed by atoms with Gasteiger partial charge in [0.15, 0.2) is 15.8 Å². The molecule has 2 N–H and O–H groups in total. The van der Waals surface area contributed by atoms with E-state index in [-0.39, 0.29) is 0 Å². The lowest BCUT2D eigenvalue weighted by Gasteiger charge is -2.12. The molecule has 0 radical (unpaired) electrons. The van der Waals surface area contributed by atoms with Crippen molar-refractivity contribution in [1.29, 1.82) is 0 Å². The highest BCUT2D eigenvalue weighted by Crippen LogP contribution is 2.14. The van der Waals surface area contributed by atoms with Gasteiger partial charge in [-0.2, -0.15) is 0 Å². The van der Waals surface area contributed by atoms with Crippen LogP contribution in [0.3, 0.4) is 0 Å². The number of nitrogens with one attached hydrogen (secondary N) is 2. The molecule has 124 valence electrons. The van der Waals surface area contributed by atoms with Gasteiger partial charge in [0, 0.05) is 24.7 Å². The molecule has 0 bridgehead atoms. The fourth-order valence-corrected chi connectivity index (χ4v) is 3.49. The second-order valence-corrected chi connectivity index (χ2v) is 8.24. The van der Waals surface area contributed by atoms with Gasteiger partial charge in [0.25, 0.3) is 0 Å². The molecule has 23 heavy (non-hydrogen) atoms. The van der Waals surface area contributed by atoms with E-state index in [0.717, 1.165) is 12.1 Å². The van der Waals surface area contributed by atoms with Gasteiger partial charge in [-0.1, -0.05) is 12.1 Å². The summed E-state index contributed by atoms with van der Waals surface area (Å²) in [5, 5.41) is 8.57. The van der Waals surface area contributed by atoms with Crippen LogP contribution in [0.1, 0.15) is 16.0 Å². The molecule has 0 aliphatic rings. The first-order valence-corrected chi connectivity index (χ1v) is 9.94. The predicted octanol–water partition coefficient (Wildman–Crippen LogP) is 2.33. The maximum Gasteiger partial charge on any atom is 0.191 e. The minimum Gasteiger partial charge on any atom is -0.352 e. The number of hydrogen-bond donors (Lipinski definition) is 2. The normalized spacial score (nSPS) is 12.2. The summed E-state index contributed by atoms with van der Waals surface area (Å²) in [7, 11) is -1.42. The first-order chi connectivity index (χ1) is 10.9. The van der Waals surface area contributed by atoms with Gasteiger partial charge in [-0.15, -0.1) is 11.3 Å². The molecule has 2 rings (SSSR count). The molecule has 1 aromatic carbocycles. The maximum atomic E-state index is 11.4. The predicted molar refractivity (Wildman–Crippen MR) is 95.6 cm³/mol. The Hall–Kier alpha value is -1.86. The van der Waals surface area contributed by atoms with Gasteiger partial charge in [-0.25, -0.2) is 8.42 Å². The van der Waals surface area contributed by atoms with E-state index in [1.807, 2.05) is 0 Å². The summed E-state index contributed by atoms with van der Waals surface area (Å²) in [6.45, 7) is 3.40. The maximum absolute atomic E-state index is 11.4. The number of aliphatic imine (C=N–C) groups is 1. The van der Waals surface area contributed by atoms with Crippen molar-refractivity contribution < 1.29 is 8.42 Å². The number of guanidine groups is 1. The molecule has 0 saturated heterocycles. The van der Waals surface area contributed by atoms with E-state index in [1.165, 1.54) is 16.7 Å². The number of thiophene rings is 1. The quantitative estimate of drug-likeness (QED) is 0.641. The van der Waals surface area contributed by atoms with E-state index in [0.29, 0.717) is 17.4 Å². The molecule has 0 saturated carbocycles. The van der Waals surface area contributed by atoms with Gasteiger partial charge in [-0.3, -0.25) is 4.99 Å². The van der Waals surface area contributed by atoms with Crippen molar-refractivity contribution >= 4 is 27.1 Å². The highest BCUT2D eigenvalue weighted by molar-refractivity contribution is 7.90. The van der Waals surface area contributed by atoms with Crippen LogP contribution in [0.2, 0.25) is 0 Å². The van der Waals surface area contributed by atoms with Gasteiger partial charge in [0.1, 0.15) is 0 Å². The fourth-order valence-electron chi connectivity index (χ4n) is 2.01. The zero-order valence-electron chi connectivity index (χ0n) is 13.5. The zero-order chi connectivity index (χ0) is 16.9. The van der Waals surface area contributed by atoms with Crippen LogP contribution in [0.15, 0.2) is 45.6 Å². The number of hydrogen-bond acceptors (Lipinski definition) is 4. The average molecular weight is 351 g/mol. The highest BCUT2D eigenvalue weighted by atomic mass is 32.2. The van der Waals surface area contributed by atoms with Crippen molar-refractivity contribution in [3.63, 3.8) is 0 Å². The number of sulfone groups is 1. The lowest BCUT2D eigenvalue weighted by Crippen LogP contribution is -2.36. The third-order valence-electron chi connectivity index (χ3n) is 3.42. The van der Waals surface area contributed by atoms with Crippen molar-refractivity contribution in [2.75, 3.05) is 13.3 Å². The summed E-state index contributed by atoms with van der Waals surface area (Å²) in [5.41, 5.74) is 2.27. The SMILES string of the molecule is CN=C(NCc1ccc(S(C)(=O)=O)cc1)NCc1sccc1C. The third-order valence-corrected chi connectivity index (χ3v) is 5.57. The van der Waals surface area contributed by atoms with E-state index in [1.54, 1.807) is 42.6 Å². The van der Waals surface area contributed by atoms with Crippen molar-refractivity contribution in [3.05, 3.63) is 51.7 Å². The summed E-state index contributed by atoms with van der Waals surface area (Å²) >= 11 is 1.72. The lowest BCUT2D eigenvalue weighted by atomic mass is 10.2. The van der Waals surface area contributed by atoms with Crippen molar-refractivity contribution in [2.24, 2.45) is 4.99 Å². The molecule has 0 spiro atoms. The summed E-state index contributed by atoms with van der Waals surface area (Å²) in [4.78, 5) is 5.81. The molecule has 0 aliphatic heterocycles. The van der Waals surface area contributed by atoms with Gasteiger partial charge in [-0.05, 0) is 41.6 Å². The number of benzene rings is 1. The molecule has 1 heterocycles. The number of rotatable bonds is 5. The Kier molecular flexibility index (Phi) is 5.79. The molecule has 0 aliphatic carbocycles. The van der Waals surface area contributed by atoms with Crippen LogP contribution >= 0.6 is 11.3 Å². The average Bonchev–Trinajstić information content (AvgIpc) is 2.92. The summed E-state index contributed by atoms with van der Waals surface area (Å²) in [6, 6.07) is 8.95. The number of nitrogens with zero attached hydrogens (tertiary/aromatic N) is 1.